The van der Waals surface area contributed by atoms with Crippen LogP contribution in [-0.4, -0.2) is 29.9 Å². The monoisotopic (exact) mass is 340 g/mol. The number of barbiturate groups is 1. The van der Waals surface area contributed by atoms with Crippen molar-refractivity contribution in [2.24, 2.45) is 0 Å². The molecule has 3 rings (SSSR count). The van der Waals surface area contributed by atoms with Crippen LogP contribution in [0.4, 0.5) is 4.79 Å². The van der Waals surface area contributed by atoms with Crippen molar-refractivity contribution in [3.05, 3.63) is 59.1 Å². The number of hydrogen-bond donors (Lipinski definition) is 1. The number of furan rings is 1. The van der Waals surface area contributed by atoms with E-state index in [1.54, 1.807) is 37.4 Å². The molecule has 0 aliphatic carbocycles. The number of nitrogens with one attached hydrogen (secondary N) is 1. The van der Waals surface area contributed by atoms with Crippen molar-refractivity contribution >= 4 is 23.9 Å². The fraction of sp³-hybridized carbons (Fsp3) is 0.167. The summed E-state index contributed by atoms with van der Waals surface area (Å²) in [5.41, 5.74) is 1.41. The Morgan fingerprint density at radius 1 is 1.24 bits per heavy atom. The van der Waals surface area contributed by atoms with E-state index >= 15 is 0 Å². The van der Waals surface area contributed by atoms with Crippen LogP contribution in [-0.2, 0) is 16.1 Å². The number of nitrogens with zero attached hydrogens (tertiary/aromatic N) is 1. The smallest absolute Gasteiger partial charge is 0.331 e. The highest BCUT2D eigenvalue weighted by atomic mass is 16.5. The zero-order valence-corrected chi connectivity index (χ0v) is 13.7. The van der Waals surface area contributed by atoms with Crippen LogP contribution in [0.3, 0.4) is 0 Å². The molecule has 0 radical (unpaired) electrons. The lowest BCUT2D eigenvalue weighted by Gasteiger charge is -2.25. The lowest BCUT2D eigenvalue weighted by Crippen LogP contribution is -2.53. The minimum Gasteiger partial charge on any atom is -0.496 e. The molecule has 1 aromatic carbocycles. The molecule has 2 aromatic rings. The molecule has 1 aromatic heterocycles. The molecule has 25 heavy (non-hydrogen) atoms. The minimum atomic E-state index is -0.769. The van der Waals surface area contributed by atoms with Crippen molar-refractivity contribution < 1.29 is 23.5 Å². The second-order valence-corrected chi connectivity index (χ2v) is 5.52. The number of carbonyl (C=O) groups is 3. The van der Waals surface area contributed by atoms with Gasteiger partial charge in [-0.3, -0.25) is 19.8 Å². The first-order valence-electron chi connectivity index (χ1n) is 7.55. The quantitative estimate of drug-likeness (QED) is 0.681. The predicted molar refractivity (Wildman–Crippen MR) is 88.5 cm³/mol. The normalized spacial score (nSPS) is 16.3. The predicted octanol–water partition coefficient (Wildman–Crippen LogP) is 2.26. The molecule has 1 aliphatic rings. The van der Waals surface area contributed by atoms with E-state index in [2.05, 4.69) is 5.32 Å². The number of methoxy groups -OCH3 is 1. The van der Waals surface area contributed by atoms with E-state index in [1.807, 2.05) is 6.92 Å². The van der Waals surface area contributed by atoms with Crippen LogP contribution in [0.2, 0.25) is 0 Å². The molecule has 0 bridgehead atoms. The van der Waals surface area contributed by atoms with Crippen LogP contribution in [0, 0.1) is 6.92 Å². The molecule has 0 spiro atoms. The topological polar surface area (TPSA) is 88.8 Å². The summed E-state index contributed by atoms with van der Waals surface area (Å²) in [6.45, 7) is 1.81. The number of aryl methyl sites for hydroxylation is 1. The molecule has 4 amide bonds. The molecule has 2 heterocycles. The number of urea groups is 1. The maximum absolute atomic E-state index is 12.6. The van der Waals surface area contributed by atoms with Crippen LogP contribution >= 0.6 is 0 Å². The van der Waals surface area contributed by atoms with Crippen molar-refractivity contribution in [3.63, 3.8) is 0 Å². The Labute approximate surface area is 143 Å². The lowest BCUT2D eigenvalue weighted by atomic mass is 10.0. The molecule has 128 valence electrons. The summed E-state index contributed by atoms with van der Waals surface area (Å²) in [7, 11) is 1.57. The molecular formula is C18H16N2O5. The number of carbonyl (C=O) groups excluding carboxylic acids is 3. The Bertz CT molecular complexity index is 868. The third kappa shape index (κ3) is 3.30. The minimum absolute atomic E-state index is 0.0517. The molecule has 7 heteroatoms. The van der Waals surface area contributed by atoms with Crippen molar-refractivity contribution in [3.8, 4) is 5.75 Å². The summed E-state index contributed by atoms with van der Waals surface area (Å²) >= 11 is 0. The molecular weight excluding hydrogens is 324 g/mol. The van der Waals surface area contributed by atoms with Gasteiger partial charge in [0.25, 0.3) is 11.8 Å². The molecule has 0 saturated carbocycles. The molecule has 0 atom stereocenters. The van der Waals surface area contributed by atoms with E-state index in [4.69, 9.17) is 9.15 Å². The second kappa shape index (κ2) is 6.64. The molecule has 1 saturated heterocycles. The van der Waals surface area contributed by atoms with E-state index < -0.39 is 17.8 Å². The molecule has 7 nitrogen and oxygen atoms in total. The number of amides is 4. The first-order valence-corrected chi connectivity index (χ1v) is 7.55. The maximum Gasteiger partial charge on any atom is 0.331 e. The fourth-order valence-electron chi connectivity index (χ4n) is 2.55. The van der Waals surface area contributed by atoms with Crippen molar-refractivity contribution in [2.45, 2.75) is 13.5 Å². The largest absolute Gasteiger partial charge is 0.496 e. The average Bonchev–Trinajstić information content (AvgIpc) is 3.09. The summed E-state index contributed by atoms with van der Waals surface area (Å²) in [5.74, 6) is -0.244. The number of hydrogen-bond acceptors (Lipinski definition) is 5. The van der Waals surface area contributed by atoms with Gasteiger partial charge in [0.1, 0.15) is 17.1 Å². The van der Waals surface area contributed by atoms with Gasteiger partial charge < -0.3 is 9.15 Å². The van der Waals surface area contributed by atoms with Gasteiger partial charge in [-0.05, 0) is 48.4 Å². The van der Waals surface area contributed by atoms with E-state index in [9.17, 15) is 14.4 Å². The standard InChI is InChI=1S/C18H16N2O5/c1-11-8-12(5-6-15(11)24-2)9-14-16(21)19-18(23)20(17(14)22)10-13-4-3-7-25-13/h3-9H,10H2,1-2H3,(H,19,21,23)/b14-9+. The summed E-state index contributed by atoms with van der Waals surface area (Å²) in [4.78, 5) is 37.6. The first-order chi connectivity index (χ1) is 12.0. The summed E-state index contributed by atoms with van der Waals surface area (Å²) in [5, 5.41) is 2.17. The maximum atomic E-state index is 12.6. The Balaban J connectivity index is 1.91. The molecule has 1 fully saturated rings. The van der Waals surface area contributed by atoms with Gasteiger partial charge in [0.15, 0.2) is 0 Å². The summed E-state index contributed by atoms with van der Waals surface area (Å²) in [6, 6.07) is 7.80. The van der Waals surface area contributed by atoms with Crippen molar-refractivity contribution in [2.75, 3.05) is 7.11 Å². The third-order valence-electron chi connectivity index (χ3n) is 3.81. The third-order valence-corrected chi connectivity index (χ3v) is 3.81. The van der Waals surface area contributed by atoms with Gasteiger partial charge in [0.2, 0.25) is 0 Å². The molecule has 0 unspecified atom stereocenters. The van der Waals surface area contributed by atoms with Crippen LogP contribution in [0.5, 0.6) is 5.75 Å². The van der Waals surface area contributed by atoms with Crippen LogP contribution in [0.15, 0.2) is 46.6 Å². The number of ether oxygens (including phenoxy) is 1. The van der Waals surface area contributed by atoms with Gasteiger partial charge >= 0.3 is 6.03 Å². The highest BCUT2D eigenvalue weighted by molar-refractivity contribution is 6.30. The van der Waals surface area contributed by atoms with Crippen molar-refractivity contribution in [1.82, 2.24) is 10.2 Å². The van der Waals surface area contributed by atoms with Crippen molar-refractivity contribution in [1.29, 1.82) is 0 Å². The van der Waals surface area contributed by atoms with E-state index in [0.717, 1.165) is 10.5 Å². The fourth-order valence-corrected chi connectivity index (χ4v) is 2.55. The first kappa shape index (κ1) is 16.5. The van der Waals surface area contributed by atoms with E-state index in [0.29, 0.717) is 17.1 Å². The second-order valence-electron chi connectivity index (χ2n) is 5.52. The van der Waals surface area contributed by atoms with E-state index in [1.165, 1.54) is 12.3 Å². The van der Waals surface area contributed by atoms with Crippen LogP contribution in [0.25, 0.3) is 6.08 Å². The van der Waals surface area contributed by atoms with Gasteiger partial charge in [0.05, 0.1) is 19.9 Å². The number of benzene rings is 1. The SMILES string of the molecule is COc1ccc(/C=C2\C(=O)NC(=O)N(Cc3ccco3)C2=O)cc1C. The Kier molecular flexibility index (Phi) is 4.38. The van der Waals surface area contributed by atoms with Gasteiger partial charge in [0, 0.05) is 0 Å². The lowest BCUT2D eigenvalue weighted by molar-refractivity contribution is -0.130. The number of imide groups is 2. The summed E-state index contributed by atoms with van der Waals surface area (Å²) in [6.07, 6.45) is 2.90. The van der Waals surface area contributed by atoms with Crippen LogP contribution in [0.1, 0.15) is 16.9 Å². The zero-order chi connectivity index (χ0) is 18.0. The van der Waals surface area contributed by atoms with Gasteiger partial charge in [-0.15, -0.1) is 0 Å². The van der Waals surface area contributed by atoms with Crippen LogP contribution < -0.4 is 10.1 Å². The van der Waals surface area contributed by atoms with Gasteiger partial charge in [-0.1, -0.05) is 6.07 Å². The number of rotatable bonds is 4. The van der Waals surface area contributed by atoms with Gasteiger partial charge in [-0.2, -0.15) is 0 Å². The molecule has 1 N–H and O–H groups in total. The molecule has 1 aliphatic heterocycles. The Hall–Kier alpha value is -3.35. The summed E-state index contributed by atoms with van der Waals surface area (Å²) < 4.78 is 10.4. The average molecular weight is 340 g/mol. The zero-order valence-electron chi connectivity index (χ0n) is 13.7. The highest BCUT2D eigenvalue weighted by Crippen LogP contribution is 2.22. The Morgan fingerprint density at radius 2 is 2.04 bits per heavy atom. The highest BCUT2D eigenvalue weighted by Gasteiger charge is 2.36. The van der Waals surface area contributed by atoms with E-state index in [-0.39, 0.29) is 12.1 Å². The van der Waals surface area contributed by atoms with Gasteiger partial charge in [-0.25, -0.2) is 4.79 Å². The Morgan fingerprint density at radius 3 is 2.68 bits per heavy atom.